The Hall–Kier alpha value is -1.91. The second-order valence-corrected chi connectivity index (χ2v) is 7.65. The third-order valence-electron chi connectivity index (χ3n) is 4.33. The average molecular weight is 390 g/mol. The molecular weight excluding hydrogens is 366 g/mol. The van der Waals surface area contributed by atoms with Gasteiger partial charge in [-0.15, -0.1) is 11.8 Å². The van der Waals surface area contributed by atoms with Gasteiger partial charge in [0.15, 0.2) is 0 Å². The fourth-order valence-electron chi connectivity index (χ4n) is 2.86. The number of nitriles is 1. The summed E-state index contributed by atoms with van der Waals surface area (Å²) in [5.74, 6) is -0.178. The molecule has 0 saturated heterocycles. The summed E-state index contributed by atoms with van der Waals surface area (Å²) in [4.78, 5) is 27.3. The highest BCUT2D eigenvalue weighted by molar-refractivity contribution is 8.03. The van der Waals surface area contributed by atoms with E-state index < -0.39 is 0 Å². The number of carbonyl (C=O) groups excluding carboxylic acids is 2. The standard InChI is InChI=1S/C19H23N3O2S2/c1-4-22(5-2)18(24)12-26-19-16(11-20)15(10-17(23)21-19)13-6-8-14(25-3)9-7-13/h6-9,15H,4-5,10,12H2,1-3H3,(H,21,23)/t15-/m1/s1. The maximum atomic E-state index is 12.2. The molecule has 5 nitrogen and oxygen atoms in total. The molecule has 1 N–H and O–H groups in total. The van der Waals surface area contributed by atoms with Crippen LogP contribution in [0, 0.1) is 11.3 Å². The van der Waals surface area contributed by atoms with Crippen LogP contribution in [0.1, 0.15) is 31.7 Å². The maximum absolute atomic E-state index is 12.2. The summed E-state index contributed by atoms with van der Waals surface area (Å²) < 4.78 is 0. The zero-order valence-electron chi connectivity index (χ0n) is 15.2. The van der Waals surface area contributed by atoms with Crippen molar-refractivity contribution in [1.29, 1.82) is 5.26 Å². The Balaban J connectivity index is 2.24. The summed E-state index contributed by atoms with van der Waals surface area (Å²) >= 11 is 2.88. The largest absolute Gasteiger partial charge is 0.343 e. The highest BCUT2D eigenvalue weighted by atomic mass is 32.2. The van der Waals surface area contributed by atoms with Crippen LogP contribution in [0.15, 0.2) is 39.8 Å². The van der Waals surface area contributed by atoms with Gasteiger partial charge in [-0.2, -0.15) is 5.26 Å². The lowest BCUT2D eigenvalue weighted by Gasteiger charge is -2.26. The van der Waals surface area contributed by atoms with Gasteiger partial charge in [0, 0.05) is 30.3 Å². The van der Waals surface area contributed by atoms with Gasteiger partial charge in [0.25, 0.3) is 0 Å². The smallest absolute Gasteiger partial charge is 0.232 e. The minimum absolute atomic E-state index is 0.00508. The van der Waals surface area contributed by atoms with E-state index >= 15 is 0 Å². The van der Waals surface area contributed by atoms with Crippen molar-refractivity contribution in [2.75, 3.05) is 25.1 Å². The number of carbonyl (C=O) groups is 2. The Bertz CT molecular complexity index is 734. The summed E-state index contributed by atoms with van der Waals surface area (Å²) in [5.41, 5.74) is 1.47. The van der Waals surface area contributed by atoms with E-state index in [4.69, 9.17) is 0 Å². The Labute approximate surface area is 163 Å². The fraction of sp³-hybridized carbons (Fsp3) is 0.421. The van der Waals surface area contributed by atoms with Crippen LogP contribution in [-0.2, 0) is 9.59 Å². The van der Waals surface area contributed by atoms with E-state index in [0.717, 1.165) is 10.5 Å². The summed E-state index contributed by atoms with van der Waals surface area (Å²) in [6.07, 6.45) is 2.25. The van der Waals surface area contributed by atoms with E-state index in [1.807, 2.05) is 44.4 Å². The van der Waals surface area contributed by atoms with Crippen molar-refractivity contribution in [1.82, 2.24) is 10.2 Å². The van der Waals surface area contributed by atoms with Crippen LogP contribution < -0.4 is 5.32 Å². The number of amides is 2. The van der Waals surface area contributed by atoms with Crippen LogP contribution in [0.5, 0.6) is 0 Å². The number of benzene rings is 1. The first-order valence-corrected chi connectivity index (χ1v) is 10.7. The molecule has 26 heavy (non-hydrogen) atoms. The van der Waals surface area contributed by atoms with Gasteiger partial charge < -0.3 is 10.2 Å². The molecule has 0 fully saturated rings. The average Bonchev–Trinajstić information content (AvgIpc) is 2.66. The van der Waals surface area contributed by atoms with Crippen molar-refractivity contribution < 1.29 is 9.59 Å². The molecule has 0 aliphatic carbocycles. The second-order valence-electron chi connectivity index (χ2n) is 5.79. The minimum Gasteiger partial charge on any atom is -0.343 e. The molecule has 0 aromatic heterocycles. The predicted molar refractivity (Wildman–Crippen MR) is 107 cm³/mol. The van der Waals surface area contributed by atoms with Crippen molar-refractivity contribution in [3.05, 3.63) is 40.4 Å². The van der Waals surface area contributed by atoms with Crippen molar-refractivity contribution in [3.8, 4) is 6.07 Å². The Morgan fingerprint density at radius 2 is 1.96 bits per heavy atom. The molecule has 1 aliphatic heterocycles. The highest BCUT2D eigenvalue weighted by Gasteiger charge is 2.30. The van der Waals surface area contributed by atoms with Crippen molar-refractivity contribution in [2.24, 2.45) is 0 Å². The molecule has 0 radical (unpaired) electrons. The molecule has 0 saturated carbocycles. The molecule has 138 valence electrons. The topological polar surface area (TPSA) is 73.2 Å². The van der Waals surface area contributed by atoms with Crippen LogP contribution in [0.4, 0.5) is 0 Å². The van der Waals surface area contributed by atoms with E-state index in [2.05, 4.69) is 11.4 Å². The molecule has 2 rings (SSSR count). The second kappa shape index (κ2) is 9.70. The van der Waals surface area contributed by atoms with Crippen LogP contribution in [0.3, 0.4) is 0 Å². The van der Waals surface area contributed by atoms with Crippen LogP contribution >= 0.6 is 23.5 Å². The first-order valence-electron chi connectivity index (χ1n) is 8.52. The van der Waals surface area contributed by atoms with Gasteiger partial charge in [-0.1, -0.05) is 23.9 Å². The van der Waals surface area contributed by atoms with Gasteiger partial charge in [0.1, 0.15) is 0 Å². The first-order chi connectivity index (χ1) is 12.5. The predicted octanol–water partition coefficient (Wildman–Crippen LogP) is 3.35. The lowest BCUT2D eigenvalue weighted by Crippen LogP contribution is -2.34. The number of rotatable bonds is 7. The Kier molecular flexibility index (Phi) is 7.61. The number of nitrogens with zero attached hydrogens (tertiary/aromatic N) is 2. The zero-order valence-corrected chi connectivity index (χ0v) is 16.9. The molecule has 1 atom stereocenters. The van der Waals surface area contributed by atoms with E-state index in [9.17, 15) is 14.9 Å². The van der Waals surface area contributed by atoms with Crippen molar-refractivity contribution >= 4 is 35.3 Å². The molecule has 0 bridgehead atoms. The maximum Gasteiger partial charge on any atom is 0.232 e. The monoisotopic (exact) mass is 389 g/mol. The number of thioether (sulfide) groups is 2. The van der Waals surface area contributed by atoms with Gasteiger partial charge in [0.05, 0.1) is 22.4 Å². The molecule has 1 heterocycles. The molecular formula is C19H23N3O2S2. The molecule has 2 amide bonds. The number of hydrogen-bond donors (Lipinski definition) is 1. The summed E-state index contributed by atoms with van der Waals surface area (Å²) in [6, 6.07) is 10.2. The number of allylic oxidation sites excluding steroid dienone is 1. The lowest BCUT2D eigenvalue weighted by molar-refractivity contribution is -0.128. The quantitative estimate of drug-likeness (QED) is 0.724. The minimum atomic E-state index is -0.268. The molecule has 1 aromatic carbocycles. The Morgan fingerprint density at radius 1 is 1.31 bits per heavy atom. The fourth-order valence-corrected chi connectivity index (χ4v) is 4.24. The van der Waals surface area contributed by atoms with Crippen LogP contribution in [0.25, 0.3) is 0 Å². The van der Waals surface area contributed by atoms with Crippen LogP contribution in [-0.4, -0.2) is 41.8 Å². The van der Waals surface area contributed by atoms with Crippen molar-refractivity contribution in [3.63, 3.8) is 0 Å². The molecule has 7 heteroatoms. The summed E-state index contributed by atoms with van der Waals surface area (Å²) in [5, 5.41) is 13.0. The molecule has 1 aliphatic rings. The summed E-state index contributed by atoms with van der Waals surface area (Å²) in [6.45, 7) is 5.17. The number of hydrogen-bond acceptors (Lipinski definition) is 5. The third-order valence-corrected chi connectivity index (χ3v) is 6.08. The van der Waals surface area contributed by atoms with Gasteiger partial charge in [0.2, 0.25) is 11.8 Å². The van der Waals surface area contributed by atoms with E-state index in [-0.39, 0.29) is 29.9 Å². The SMILES string of the molecule is CCN(CC)C(=O)CSC1=C(C#N)[C@@H](c2ccc(SC)cc2)CC(=O)N1. The van der Waals surface area contributed by atoms with Crippen LogP contribution in [0.2, 0.25) is 0 Å². The Morgan fingerprint density at radius 3 is 2.50 bits per heavy atom. The van der Waals surface area contributed by atoms with Gasteiger partial charge in [-0.25, -0.2) is 0 Å². The van der Waals surface area contributed by atoms with Gasteiger partial charge >= 0.3 is 0 Å². The normalized spacial score (nSPS) is 16.8. The highest BCUT2D eigenvalue weighted by Crippen LogP contribution is 2.36. The van der Waals surface area contributed by atoms with Gasteiger partial charge in [-0.05, 0) is 37.8 Å². The third kappa shape index (κ3) is 4.83. The van der Waals surface area contributed by atoms with Gasteiger partial charge in [-0.3, -0.25) is 9.59 Å². The first kappa shape index (κ1) is 20.4. The zero-order chi connectivity index (χ0) is 19.1. The van der Waals surface area contributed by atoms with Crippen molar-refractivity contribution in [2.45, 2.75) is 31.1 Å². The van der Waals surface area contributed by atoms with E-state index in [1.165, 1.54) is 11.8 Å². The number of nitrogens with one attached hydrogen (secondary N) is 1. The van der Waals surface area contributed by atoms with E-state index in [0.29, 0.717) is 23.7 Å². The lowest BCUT2D eigenvalue weighted by atomic mass is 9.87. The molecule has 1 aromatic rings. The molecule has 0 unspecified atom stereocenters. The molecule has 0 spiro atoms. The van der Waals surface area contributed by atoms with E-state index in [1.54, 1.807) is 16.7 Å². The summed E-state index contributed by atoms with van der Waals surface area (Å²) in [7, 11) is 0.